The quantitative estimate of drug-likeness (QED) is 0.648. The van der Waals surface area contributed by atoms with Crippen LogP contribution in [-0.4, -0.2) is 50.7 Å². The van der Waals surface area contributed by atoms with Crippen molar-refractivity contribution in [1.29, 1.82) is 0 Å². The number of hydrogen-bond acceptors (Lipinski definition) is 5. The van der Waals surface area contributed by atoms with Crippen molar-refractivity contribution in [2.75, 3.05) is 12.8 Å². The van der Waals surface area contributed by atoms with Gasteiger partial charge < -0.3 is 10.0 Å². The van der Waals surface area contributed by atoms with E-state index in [0.717, 1.165) is 28.5 Å². The second kappa shape index (κ2) is 7.96. The number of aryl methyl sites for hydroxylation is 2. The number of carbonyl (C=O) groups is 2. The molecule has 7 heteroatoms. The van der Waals surface area contributed by atoms with Crippen molar-refractivity contribution in [2.24, 2.45) is 5.92 Å². The molecule has 0 bridgehead atoms. The summed E-state index contributed by atoms with van der Waals surface area (Å²) in [5, 5.41) is 10.1. The van der Waals surface area contributed by atoms with Gasteiger partial charge in [0.1, 0.15) is 6.04 Å². The molecule has 6 nitrogen and oxygen atoms in total. The van der Waals surface area contributed by atoms with Gasteiger partial charge >= 0.3 is 5.97 Å². The van der Waals surface area contributed by atoms with E-state index in [2.05, 4.69) is 9.97 Å². The summed E-state index contributed by atoms with van der Waals surface area (Å²) < 4.78 is 0. The number of likely N-dealkylation sites (tertiary alicyclic amines) is 1. The Labute approximate surface area is 147 Å². The molecule has 1 aromatic rings. The third-order valence-corrected chi connectivity index (χ3v) is 5.19. The van der Waals surface area contributed by atoms with E-state index in [9.17, 15) is 14.7 Å². The molecule has 0 saturated carbocycles. The van der Waals surface area contributed by atoms with E-state index in [1.165, 1.54) is 16.7 Å². The van der Waals surface area contributed by atoms with Gasteiger partial charge in [0.05, 0.1) is 0 Å². The molecule has 1 aliphatic rings. The van der Waals surface area contributed by atoms with Crippen molar-refractivity contribution in [2.45, 2.75) is 57.7 Å². The van der Waals surface area contributed by atoms with Gasteiger partial charge in [0.15, 0.2) is 5.16 Å². The highest BCUT2D eigenvalue weighted by molar-refractivity contribution is 7.98. The van der Waals surface area contributed by atoms with Crippen LogP contribution in [0.3, 0.4) is 0 Å². The zero-order valence-electron chi connectivity index (χ0n) is 14.7. The van der Waals surface area contributed by atoms with Crippen molar-refractivity contribution in [3.63, 3.8) is 0 Å². The number of aliphatic carboxylic acids is 1. The molecule has 2 heterocycles. The molecule has 0 aromatic carbocycles. The Bertz CT molecular complexity index is 613. The van der Waals surface area contributed by atoms with Crippen LogP contribution < -0.4 is 0 Å². The fraction of sp³-hybridized carbons (Fsp3) is 0.647. The first-order chi connectivity index (χ1) is 11.3. The Balaban J connectivity index is 2.06. The van der Waals surface area contributed by atoms with E-state index in [-0.39, 0.29) is 5.91 Å². The first kappa shape index (κ1) is 18.7. The van der Waals surface area contributed by atoms with Crippen molar-refractivity contribution in [1.82, 2.24) is 14.9 Å². The maximum Gasteiger partial charge on any atom is 0.326 e. The molecule has 1 fully saturated rings. The summed E-state index contributed by atoms with van der Waals surface area (Å²) in [6.45, 7) is 6.42. The Morgan fingerprint density at radius 1 is 1.29 bits per heavy atom. The highest BCUT2D eigenvalue weighted by Crippen LogP contribution is 2.24. The number of nitrogens with zero attached hydrogens (tertiary/aromatic N) is 3. The maximum absolute atomic E-state index is 12.6. The minimum atomic E-state index is -0.907. The maximum atomic E-state index is 12.6. The second-order valence-electron chi connectivity index (χ2n) is 6.43. The summed E-state index contributed by atoms with van der Waals surface area (Å²) in [5.74, 6) is -0.663. The van der Waals surface area contributed by atoms with Crippen molar-refractivity contribution in [3.8, 4) is 0 Å². The van der Waals surface area contributed by atoms with Crippen LogP contribution in [0, 0.1) is 19.8 Å². The number of aromatic nitrogens is 2. The number of carboxylic acid groups (broad SMARTS) is 1. The first-order valence-corrected chi connectivity index (χ1v) is 9.46. The van der Waals surface area contributed by atoms with Gasteiger partial charge in [-0.05, 0) is 50.8 Å². The lowest BCUT2D eigenvalue weighted by Crippen LogP contribution is -2.49. The average Bonchev–Trinajstić information content (AvgIpc) is 2.53. The third-order valence-electron chi connectivity index (χ3n) is 4.64. The van der Waals surface area contributed by atoms with Crippen molar-refractivity contribution < 1.29 is 14.7 Å². The van der Waals surface area contributed by atoms with Crippen LogP contribution in [-0.2, 0) is 16.0 Å². The fourth-order valence-electron chi connectivity index (χ4n) is 3.21. The third kappa shape index (κ3) is 4.26. The van der Waals surface area contributed by atoms with Crippen LogP contribution in [0.1, 0.15) is 43.1 Å². The number of hydrogen-bond donors (Lipinski definition) is 1. The molecule has 1 aliphatic heterocycles. The molecular formula is C17H25N3O3S. The van der Waals surface area contributed by atoms with Crippen molar-refractivity contribution >= 4 is 23.6 Å². The lowest BCUT2D eigenvalue weighted by atomic mass is 9.92. The van der Waals surface area contributed by atoms with E-state index in [1.807, 2.05) is 27.0 Å². The van der Waals surface area contributed by atoms with Gasteiger partial charge in [0.2, 0.25) is 5.91 Å². The number of carboxylic acids is 1. The smallest absolute Gasteiger partial charge is 0.326 e. The normalized spacial score (nSPS) is 20.9. The molecule has 24 heavy (non-hydrogen) atoms. The van der Waals surface area contributed by atoms with Crippen LogP contribution in [0.5, 0.6) is 0 Å². The Morgan fingerprint density at radius 2 is 1.92 bits per heavy atom. The van der Waals surface area contributed by atoms with Crippen LogP contribution in [0.2, 0.25) is 0 Å². The topological polar surface area (TPSA) is 83.4 Å². The Kier molecular flexibility index (Phi) is 6.21. The number of carbonyl (C=O) groups excluding carboxylic acids is 1. The van der Waals surface area contributed by atoms with E-state index in [4.69, 9.17) is 0 Å². The lowest BCUT2D eigenvalue weighted by Gasteiger charge is -2.36. The van der Waals surface area contributed by atoms with Crippen molar-refractivity contribution in [3.05, 3.63) is 17.0 Å². The molecule has 2 atom stereocenters. The molecule has 2 rings (SSSR count). The van der Waals surface area contributed by atoms with E-state index >= 15 is 0 Å². The molecule has 1 saturated heterocycles. The Hall–Kier alpha value is -1.63. The minimum absolute atomic E-state index is 0.0953. The monoisotopic (exact) mass is 351 g/mol. The molecule has 2 unspecified atom stereocenters. The summed E-state index contributed by atoms with van der Waals surface area (Å²) in [6.07, 6.45) is 4.16. The Morgan fingerprint density at radius 3 is 2.46 bits per heavy atom. The highest BCUT2D eigenvalue weighted by atomic mass is 32.2. The van der Waals surface area contributed by atoms with Gasteiger partial charge in [-0.1, -0.05) is 18.7 Å². The molecule has 1 amide bonds. The number of amides is 1. The summed E-state index contributed by atoms with van der Waals surface area (Å²) in [7, 11) is 0. The van der Waals surface area contributed by atoms with Crippen LogP contribution in [0.25, 0.3) is 0 Å². The first-order valence-electron chi connectivity index (χ1n) is 8.23. The molecule has 1 N–H and O–H groups in total. The molecule has 1 aromatic heterocycles. The average molecular weight is 351 g/mol. The zero-order chi connectivity index (χ0) is 17.9. The van der Waals surface area contributed by atoms with Gasteiger partial charge in [0, 0.05) is 24.4 Å². The van der Waals surface area contributed by atoms with Crippen LogP contribution >= 0.6 is 11.8 Å². The van der Waals surface area contributed by atoms with Gasteiger partial charge in [-0.2, -0.15) is 0 Å². The zero-order valence-corrected chi connectivity index (χ0v) is 15.5. The van der Waals surface area contributed by atoms with Gasteiger partial charge in [-0.25, -0.2) is 14.8 Å². The summed E-state index contributed by atoms with van der Waals surface area (Å²) in [6, 6.07) is -0.696. The number of rotatable bonds is 5. The van der Waals surface area contributed by atoms with Crippen LogP contribution in [0.15, 0.2) is 5.16 Å². The number of piperidine rings is 1. The minimum Gasteiger partial charge on any atom is -0.480 e. The summed E-state index contributed by atoms with van der Waals surface area (Å²) in [5.41, 5.74) is 2.77. The molecule has 0 spiro atoms. The predicted octanol–water partition coefficient (Wildman–Crippen LogP) is 2.46. The molecular weight excluding hydrogens is 326 g/mol. The SMILES string of the molecule is CSc1nc(C)c(CCC(=O)N2CCC(C)CC2C(=O)O)c(C)n1. The molecule has 0 radical (unpaired) electrons. The van der Waals surface area contributed by atoms with Gasteiger partial charge in [-0.15, -0.1) is 0 Å². The van der Waals surface area contributed by atoms with E-state index < -0.39 is 12.0 Å². The van der Waals surface area contributed by atoms with Crippen LogP contribution in [0.4, 0.5) is 0 Å². The lowest BCUT2D eigenvalue weighted by molar-refractivity contribution is -0.153. The van der Waals surface area contributed by atoms with E-state index in [1.54, 1.807) is 0 Å². The predicted molar refractivity (Wildman–Crippen MR) is 93.1 cm³/mol. The fourth-order valence-corrected chi connectivity index (χ4v) is 3.67. The van der Waals surface area contributed by atoms with Gasteiger partial charge in [0.25, 0.3) is 0 Å². The highest BCUT2D eigenvalue weighted by Gasteiger charge is 2.34. The van der Waals surface area contributed by atoms with Gasteiger partial charge in [-0.3, -0.25) is 4.79 Å². The summed E-state index contributed by atoms with van der Waals surface area (Å²) >= 11 is 1.49. The second-order valence-corrected chi connectivity index (χ2v) is 7.20. The molecule has 132 valence electrons. The van der Waals surface area contributed by atoms with E-state index in [0.29, 0.717) is 31.7 Å². The molecule has 0 aliphatic carbocycles. The number of thioether (sulfide) groups is 1. The standard InChI is InChI=1S/C17H25N3O3S/c1-10-7-8-20(14(9-10)16(22)23)15(21)6-5-13-11(2)18-17(24-4)19-12(13)3/h10,14H,5-9H2,1-4H3,(H,22,23). The summed E-state index contributed by atoms with van der Waals surface area (Å²) in [4.78, 5) is 34.4. The largest absolute Gasteiger partial charge is 0.480 e.